The second-order valence-electron chi connectivity index (χ2n) is 4.42. The largest absolute Gasteiger partial charge is 0.381 e. The first kappa shape index (κ1) is 13.1. The highest BCUT2D eigenvalue weighted by Gasteiger charge is 2.05. The number of anilines is 1. The molecule has 0 aromatic heterocycles. The number of aryl methyl sites for hydroxylation is 2. The number of nitrogens with one attached hydrogen (secondary N) is 1. The third-order valence-corrected chi connectivity index (χ3v) is 3.44. The Morgan fingerprint density at radius 2 is 1.94 bits per heavy atom. The maximum Gasteiger partial charge on any atom is 0.139 e. The summed E-state index contributed by atoms with van der Waals surface area (Å²) in [5, 5.41) is 3.26. The van der Waals surface area contributed by atoms with Crippen LogP contribution in [0.4, 0.5) is 10.1 Å². The van der Waals surface area contributed by atoms with Gasteiger partial charge in [-0.1, -0.05) is 29.8 Å². The quantitative estimate of drug-likeness (QED) is 0.857. The molecule has 0 aliphatic heterocycles. The van der Waals surface area contributed by atoms with Crippen LogP contribution in [-0.2, 0) is 6.54 Å². The Kier molecular flexibility index (Phi) is 4.02. The minimum Gasteiger partial charge on any atom is -0.381 e. The molecule has 0 heterocycles. The minimum atomic E-state index is -0.243. The maximum absolute atomic E-state index is 13.5. The molecule has 3 heteroatoms. The minimum absolute atomic E-state index is 0.243. The van der Waals surface area contributed by atoms with Crippen LogP contribution in [-0.4, -0.2) is 0 Å². The van der Waals surface area contributed by atoms with Crippen molar-refractivity contribution in [2.24, 2.45) is 0 Å². The lowest BCUT2D eigenvalue weighted by molar-refractivity contribution is 0.621. The lowest BCUT2D eigenvalue weighted by atomic mass is 10.1. The van der Waals surface area contributed by atoms with Crippen LogP contribution in [0.1, 0.15) is 16.7 Å². The van der Waals surface area contributed by atoms with E-state index < -0.39 is 0 Å². The summed E-state index contributed by atoms with van der Waals surface area (Å²) in [6, 6.07) is 11.6. The fraction of sp³-hybridized carbons (Fsp3) is 0.200. The van der Waals surface area contributed by atoms with E-state index in [1.165, 1.54) is 17.2 Å². The fourth-order valence-corrected chi connectivity index (χ4v) is 2.31. The smallest absolute Gasteiger partial charge is 0.139 e. The maximum atomic E-state index is 13.5. The Balaban J connectivity index is 2.13. The molecule has 0 radical (unpaired) electrons. The van der Waals surface area contributed by atoms with Gasteiger partial charge in [-0.25, -0.2) is 4.39 Å². The molecule has 0 aliphatic carbocycles. The van der Waals surface area contributed by atoms with Crippen LogP contribution in [0, 0.1) is 19.7 Å². The predicted molar refractivity (Wildman–Crippen MR) is 77.3 cm³/mol. The molecule has 0 saturated heterocycles. The number of halogens is 2. The highest BCUT2D eigenvalue weighted by atomic mass is 79.9. The van der Waals surface area contributed by atoms with Crippen LogP contribution in [0.5, 0.6) is 0 Å². The monoisotopic (exact) mass is 307 g/mol. The normalized spacial score (nSPS) is 10.4. The van der Waals surface area contributed by atoms with Gasteiger partial charge >= 0.3 is 0 Å². The highest BCUT2D eigenvalue weighted by molar-refractivity contribution is 9.10. The van der Waals surface area contributed by atoms with E-state index in [1.54, 1.807) is 6.07 Å². The van der Waals surface area contributed by atoms with Crippen molar-refractivity contribution in [3.8, 4) is 0 Å². The van der Waals surface area contributed by atoms with E-state index in [9.17, 15) is 4.39 Å². The standard InChI is InChI=1S/C15H15BrFN/c1-10-4-3-5-12(6-10)9-18-15-8-14(17)13(16)7-11(15)2/h3-8,18H,9H2,1-2H3. The van der Waals surface area contributed by atoms with E-state index >= 15 is 0 Å². The molecule has 0 spiro atoms. The Morgan fingerprint density at radius 1 is 1.17 bits per heavy atom. The van der Waals surface area contributed by atoms with E-state index in [-0.39, 0.29) is 5.82 Å². The van der Waals surface area contributed by atoms with Crippen molar-refractivity contribution in [2.75, 3.05) is 5.32 Å². The Morgan fingerprint density at radius 3 is 2.67 bits per heavy atom. The first-order valence-corrected chi connectivity index (χ1v) is 6.60. The summed E-state index contributed by atoms with van der Waals surface area (Å²) < 4.78 is 14.0. The zero-order valence-corrected chi connectivity index (χ0v) is 12.0. The number of benzene rings is 2. The van der Waals surface area contributed by atoms with Crippen LogP contribution in [0.2, 0.25) is 0 Å². The fourth-order valence-electron chi connectivity index (χ4n) is 1.86. The summed E-state index contributed by atoms with van der Waals surface area (Å²) in [6.07, 6.45) is 0. The van der Waals surface area contributed by atoms with Gasteiger partial charge in [0.1, 0.15) is 5.82 Å². The summed E-state index contributed by atoms with van der Waals surface area (Å²) in [4.78, 5) is 0. The predicted octanol–water partition coefficient (Wildman–Crippen LogP) is 4.82. The van der Waals surface area contributed by atoms with Crippen LogP contribution >= 0.6 is 15.9 Å². The molecule has 0 saturated carbocycles. The summed E-state index contributed by atoms with van der Waals surface area (Å²) in [5.74, 6) is -0.243. The molecule has 94 valence electrons. The molecule has 0 unspecified atom stereocenters. The van der Waals surface area contributed by atoms with Crippen LogP contribution < -0.4 is 5.32 Å². The van der Waals surface area contributed by atoms with Crippen LogP contribution in [0.3, 0.4) is 0 Å². The lowest BCUT2D eigenvalue weighted by Gasteiger charge is -2.11. The van der Waals surface area contributed by atoms with Gasteiger partial charge in [0.05, 0.1) is 4.47 Å². The molecule has 0 bridgehead atoms. The van der Waals surface area contributed by atoms with Gasteiger partial charge in [-0.3, -0.25) is 0 Å². The first-order valence-electron chi connectivity index (χ1n) is 5.81. The molecule has 0 atom stereocenters. The van der Waals surface area contributed by atoms with Crippen molar-refractivity contribution in [3.05, 3.63) is 63.4 Å². The molecule has 0 aliphatic rings. The van der Waals surface area contributed by atoms with Gasteiger partial charge in [0.2, 0.25) is 0 Å². The van der Waals surface area contributed by atoms with Gasteiger partial charge in [-0.2, -0.15) is 0 Å². The Labute approximate surface area is 115 Å². The van der Waals surface area contributed by atoms with Crippen molar-refractivity contribution < 1.29 is 4.39 Å². The first-order chi connectivity index (χ1) is 8.56. The number of rotatable bonds is 3. The molecule has 2 aromatic carbocycles. The molecule has 1 nitrogen and oxygen atoms in total. The lowest BCUT2D eigenvalue weighted by Crippen LogP contribution is -2.02. The van der Waals surface area contributed by atoms with E-state index in [0.29, 0.717) is 11.0 Å². The molecule has 1 N–H and O–H groups in total. The topological polar surface area (TPSA) is 12.0 Å². The van der Waals surface area contributed by atoms with E-state index in [4.69, 9.17) is 0 Å². The second kappa shape index (κ2) is 5.53. The molecular weight excluding hydrogens is 293 g/mol. The van der Waals surface area contributed by atoms with Gasteiger partial charge in [0.25, 0.3) is 0 Å². The van der Waals surface area contributed by atoms with Crippen molar-refractivity contribution in [3.63, 3.8) is 0 Å². The molecule has 2 rings (SSSR count). The molecule has 0 fully saturated rings. The van der Waals surface area contributed by atoms with Gasteiger partial charge in [0, 0.05) is 12.2 Å². The Hall–Kier alpha value is -1.35. The second-order valence-corrected chi connectivity index (χ2v) is 5.28. The van der Waals surface area contributed by atoms with E-state index in [2.05, 4.69) is 46.4 Å². The molecule has 0 amide bonds. The number of hydrogen-bond donors (Lipinski definition) is 1. The van der Waals surface area contributed by atoms with Crippen LogP contribution in [0.15, 0.2) is 40.9 Å². The third kappa shape index (κ3) is 3.10. The van der Waals surface area contributed by atoms with Gasteiger partial charge in [-0.05, 0) is 53.0 Å². The third-order valence-electron chi connectivity index (χ3n) is 2.83. The van der Waals surface area contributed by atoms with Crippen molar-refractivity contribution in [2.45, 2.75) is 20.4 Å². The molecule has 18 heavy (non-hydrogen) atoms. The van der Waals surface area contributed by atoms with Crippen molar-refractivity contribution in [1.29, 1.82) is 0 Å². The summed E-state index contributed by atoms with van der Waals surface area (Å²) in [5.41, 5.74) is 4.28. The summed E-state index contributed by atoms with van der Waals surface area (Å²) >= 11 is 3.18. The zero-order valence-electron chi connectivity index (χ0n) is 10.4. The average Bonchev–Trinajstić information content (AvgIpc) is 2.32. The van der Waals surface area contributed by atoms with Gasteiger partial charge in [-0.15, -0.1) is 0 Å². The number of hydrogen-bond acceptors (Lipinski definition) is 1. The van der Waals surface area contributed by atoms with Crippen molar-refractivity contribution in [1.82, 2.24) is 0 Å². The molecular formula is C15H15BrFN. The summed E-state index contributed by atoms with van der Waals surface area (Å²) in [7, 11) is 0. The van der Waals surface area contributed by atoms with Gasteiger partial charge in [0.15, 0.2) is 0 Å². The van der Waals surface area contributed by atoms with Crippen molar-refractivity contribution >= 4 is 21.6 Å². The average molecular weight is 308 g/mol. The zero-order chi connectivity index (χ0) is 13.1. The van der Waals surface area contributed by atoms with E-state index in [0.717, 1.165) is 11.3 Å². The van der Waals surface area contributed by atoms with E-state index in [1.807, 2.05) is 13.0 Å². The Bertz CT molecular complexity index is 566. The highest BCUT2D eigenvalue weighted by Crippen LogP contribution is 2.24. The molecule has 2 aromatic rings. The van der Waals surface area contributed by atoms with Gasteiger partial charge < -0.3 is 5.32 Å². The SMILES string of the molecule is Cc1cccc(CNc2cc(F)c(Br)cc2C)c1. The summed E-state index contributed by atoms with van der Waals surface area (Å²) in [6.45, 7) is 4.72. The van der Waals surface area contributed by atoms with Crippen LogP contribution in [0.25, 0.3) is 0 Å².